The normalized spacial score (nSPS) is 11.8. The molecule has 0 atom stereocenters. The van der Waals surface area contributed by atoms with Gasteiger partial charge < -0.3 is 9.13 Å². The Morgan fingerprint density at radius 2 is 0.696 bits per heavy atom. The van der Waals surface area contributed by atoms with Crippen LogP contribution >= 0.6 is 0 Å². The summed E-state index contributed by atoms with van der Waals surface area (Å²) in [5, 5.41) is 6.96. The van der Waals surface area contributed by atoms with Crippen molar-refractivity contribution in [3.8, 4) is 62.4 Å². The van der Waals surface area contributed by atoms with Crippen LogP contribution in [-0.2, 0) is 0 Å². The first-order valence-electron chi connectivity index (χ1n) is 23.4. The van der Waals surface area contributed by atoms with Gasteiger partial charge in [-0.25, -0.2) is 4.98 Å². The number of para-hydroxylation sites is 4. The average molecular weight is 881 g/mol. The van der Waals surface area contributed by atoms with E-state index in [1.54, 1.807) is 0 Å². The minimum atomic E-state index is 0.539. The first-order valence-corrected chi connectivity index (χ1v) is 23.4. The van der Waals surface area contributed by atoms with Crippen LogP contribution in [0, 0.1) is 0 Å². The van der Waals surface area contributed by atoms with E-state index in [0.717, 1.165) is 77.5 Å². The monoisotopic (exact) mass is 880 g/mol. The van der Waals surface area contributed by atoms with Gasteiger partial charge in [0.1, 0.15) is 0 Å². The van der Waals surface area contributed by atoms with Crippen molar-refractivity contribution in [2.24, 2.45) is 0 Å². The Labute approximate surface area is 397 Å². The molecule has 14 rings (SSSR count). The topological polar surface area (TPSA) is 53.5 Å². The third-order valence-electron chi connectivity index (χ3n) is 13.7. The first-order chi connectivity index (χ1) is 34.2. The molecule has 6 nitrogen and oxygen atoms in total. The summed E-state index contributed by atoms with van der Waals surface area (Å²) >= 11 is 0. The van der Waals surface area contributed by atoms with E-state index in [0.29, 0.717) is 17.6 Å². The van der Waals surface area contributed by atoms with Gasteiger partial charge in [-0.2, -0.15) is 9.97 Å². The number of rotatable bonds is 7. The molecule has 10 aromatic carbocycles. The van der Waals surface area contributed by atoms with Crippen LogP contribution < -0.4 is 0 Å². The van der Waals surface area contributed by atoms with Crippen molar-refractivity contribution in [3.63, 3.8) is 0 Å². The maximum atomic E-state index is 5.47. The number of fused-ring (bicyclic) bond motifs is 10. The van der Waals surface area contributed by atoms with Crippen LogP contribution in [0.4, 0.5) is 0 Å². The molecule has 0 bridgehead atoms. The van der Waals surface area contributed by atoms with Gasteiger partial charge in [0, 0.05) is 49.1 Å². The van der Waals surface area contributed by atoms with E-state index < -0.39 is 0 Å². The molecular weight excluding hydrogens is 841 g/mol. The number of hydrogen-bond donors (Lipinski definition) is 0. The van der Waals surface area contributed by atoms with Gasteiger partial charge in [0.2, 0.25) is 5.95 Å². The van der Waals surface area contributed by atoms with Crippen LogP contribution in [0.25, 0.3) is 128 Å². The van der Waals surface area contributed by atoms with Gasteiger partial charge in [-0.1, -0.05) is 194 Å². The second kappa shape index (κ2) is 15.6. The van der Waals surface area contributed by atoms with Gasteiger partial charge in [-0.05, 0) is 70.8 Å². The van der Waals surface area contributed by atoms with E-state index in [1.807, 2.05) is 24.3 Å². The van der Waals surface area contributed by atoms with Crippen LogP contribution in [-0.4, -0.2) is 28.7 Å². The van der Waals surface area contributed by atoms with Gasteiger partial charge in [-0.15, -0.1) is 0 Å². The largest absolute Gasteiger partial charge is 0.308 e. The Bertz CT molecular complexity index is 4230. The summed E-state index contributed by atoms with van der Waals surface area (Å²) in [7, 11) is 0. The maximum absolute atomic E-state index is 5.47. The zero-order valence-corrected chi connectivity index (χ0v) is 37.3. The SMILES string of the molecule is c1ccc(-c2ccc(-n3c4ccccc4c4c(-n5c6ccccc6c6ccccc65)cc5c(c6ccccc6n5-c5nc(-c6ccccc6)nc(-c6cccc(-c7ccccc7)c6)n5)c43)cc2)cc1. The highest BCUT2D eigenvalue weighted by atomic mass is 15.2. The van der Waals surface area contributed by atoms with Crippen molar-refractivity contribution in [1.82, 2.24) is 28.7 Å². The summed E-state index contributed by atoms with van der Waals surface area (Å²) in [6, 6.07) is 86.3. The fraction of sp³-hybridized carbons (Fsp3) is 0. The summed E-state index contributed by atoms with van der Waals surface area (Å²) in [5.74, 6) is 1.74. The minimum Gasteiger partial charge on any atom is -0.308 e. The van der Waals surface area contributed by atoms with Gasteiger partial charge in [0.15, 0.2) is 11.6 Å². The van der Waals surface area contributed by atoms with E-state index in [4.69, 9.17) is 15.0 Å². The van der Waals surface area contributed by atoms with Crippen molar-refractivity contribution in [2.75, 3.05) is 0 Å². The second-order valence-electron chi connectivity index (χ2n) is 17.6. The molecule has 0 spiro atoms. The Kier molecular flexibility index (Phi) is 8.79. The van der Waals surface area contributed by atoms with E-state index in [-0.39, 0.29) is 0 Å². The molecule has 0 unspecified atom stereocenters. The van der Waals surface area contributed by atoms with Crippen LogP contribution in [0.15, 0.2) is 243 Å². The molecule has 0 saturated carbocycles. The summed E-state index contributed by atoms with van der Waals surface area (Å²) < 4.78 is 7.20. The molecule has 0 fully saturated rings. The van der Waals surface area contributed by atoms with Gasteiger partial charge in [0.05, 0.1) is 38.8 Å². The zero-order chi connectivity index (χ0) is 45.4. The number of nitrogens with zero attached hydrogens (tertiary/aromatic N) is 6. The highest BCUT2D eigenvalue weighted by Gasteiger charge is 2.27. The van der Waals surface area contributed by atoms with Crippen LogP contribution in [0.2, 0.25) is 0 Å². The molecule has 0 N–H and O–H groups in total. The summed E-state index contributed by atoms with van der Waals surface area (Å²) in [6.07, 6.45) is 0. The molecule has 0 aliphatic rings. The zero-order valence-electron chi connectivity index (χ0n) is 37.3. The van der Waals surface area contributed by atoms with Gasteiger partial charge in [-0.3, -0.25) is 4.57 Å². The predicted molar refractivity (Wildman–Crippen MR) is 285 cm³/mol. The van der Waals surface area contributed by atoms with E-state index >= 15 is 0 Å². The summed E-state index contributed by atoms with van der Waals surface area (Å²) in [4.78, 5) is 16.1. The molecule has 6 heteroatoms. The predicted octanol–water partition coefficient (Wildman–Crippen LogP) is 15.8. The third-order valence-corrected chi connectivity index (χ3v) is 13.7. The first kappa shape index (κ1) is 38.8. The summed E-state index contributed by atoms with van der Waals surface area (Å²) in [5.41, 5.74) is 15.0. The fourth-order valence-corrected chi connectivity index (χ4v) is 10.6. The van der Waals surface area contributed by atoms with E-state index in [1.165, 1.54) is 32.7 Å². The second-order valence-corrected chi connectivity index (χ2v) is 17.6. The van der Waals surface area contributed by atoms with Crippen LogP contribution in [0.5, 0.6) is 0 Å². The molecule has 14 aromatic rings. The highest BCUT2D eigenvalue weighted by molar-refractivity contribution is 6.29. The average Bonchev–Trinajstić information content (AvgIpc) is 4.07. The molecule has 4 heterocycles. The Hall–Kier alpha value is -9.39. The van der Waals surface area contributed by atoms with E-state index in [2.05, 4.69) is 232 Å². The lowest BCUT2D eigenvalue weighted by atomic mass is 10.0. The molecule has 4 aromatic heterocycles. The molecule has 0 aliphatic heterocycles. The lowest BCUT2D eigenvalue weighted by molar-refractivity contribution is 0.953. The summed E-state index contributed by atoms with van der Waals surface area (Å²) in [6.45, 7) is 0. The van der Waals surface area contributed by atoms with Crippen molar-refractivity contribution < 1.29 is 0 Å². The smallest absolute Gasteiger partial charge is 0.238 e. The van der Waals surface area contributed by atoms with E-state index in [9.17, 15) is 0 Å². The Balaban J connectivity index is 1.14. The van der Waals surface area contributed by atoms with Crippen LogP contribution in [0.3, 0.4) is 0 Å². The molecule has 0 aliphatic carbocycles. The molecule has 0 saturated heterocycles. The maximum Gasteiger partial charge on any atom is 0.238 e. The minimum absolute atomic E-state index is 0.539. The number of aromatic nitrogens is 6. The standard InChI is InChI=1S/C63H40N6/c1-4-19-41(20-5-1)43-35-37-47(38-36-43)67-54-33-16-12-29-50(54)58-56(68-52-31-14-10-27-48(52)49-28-11-15-32-53(49)68)40-57-59(60(58)67)51-30-13-17-34-55(51)69(57)63-65-61(44-23-8-3-9-24-44)64-62(66-63)46-26-18-25-45(39-46)42-21-6-2-7-22-42/h1-40H. The van der Waals surface area contributed by atoms with Gasteiger partial charge >= 0.3 is 0 Å². The lowest BCUT2D eigenvalue weighted by Gasteiger charge is -2.15. The Morgan fingerprint density at radius 3 is 1.30 bits per heavy atom. The quantitative estimate of drug-likeness (QED) is 0.160. The third kappa shape index (κ3) is 6.16. The van der Waals surface area contributed by atoms with Crippen molar-refractivity contribution >= 4 is 65.4 Å². The van der Waals surface area contributed by atoms with Crippen molar-refractivity contribution in [1.29, 1.82) is 0 Å². The molecule has 322 valence electrons. The molecule has 0 amide bonds. The molecule has 0 radical (unpaired) electrons. The molecular formula is C63H40N6. The molecule has 69 heavy (non-hydrogen) atoms. The number of benzene rings is 10. The van der Waals surface area contributed by atoms with Crippen molar-refractivity contribution in [3.05, 3.63) is 243 Å². The van der Waals surface area contributed by atoms with Crippen LogP contribution in [0.1, 0.15) is 0 Å². The number of hydrogen-bond acceptors (Lipinski definition) is 3. The Morgan fingerprint density at radius 1 is 0.261 bits per heavy atom. The highest BCUT2D eigenvalue weighted by Crippen LogP contribution is 2.47. The lowest BCUT2D eigenvalue weighted by Crippen LogP contribution is -2.07. The fourth-order valence-electron chi connectivity index (χ4n) is 10.6. The van der Waals surface area contributed by atoms with Crippen molar-refractivity contribution in [2.45, 2.75) is 0 Å². The van der Waals surface area contributed by atoms with Gasteiger partial charge in [0.25, 0.3) is 0 Å².